The highest BCUT2D eigenvalue weighted by molar-refractivity contribution is 7.15. The van der Waals surface area contributed by atoms with Gasteiger partial charge in [-0.2, -0.15) is 0 Å². The van der Waals surface area contributed by atoms with E-state index in [0.717, 1.165) is 24.2 Å². The predicted octanol–water partition coefficient (Wildman–Crippen LogP) is 3.64. The van der Waals surface area contributed by atoms with Gasteiger partial charge in [0.1, 0.15) is 29.4 Å². The van der Waals surface area contributed by atoms with E-state index in [2.05, 4.69) is 15.6 Å². The molecule has 2 N–H and O–H groups in total. The Hall–Kier alpha value is -3.27. The lowest BCUT2D eigenvalue weighted by Crippen LogP contribution is -2.54. The number of imide groups is 1. The summed E-state index contributed by atoms with van der Waals surface area (Å²) < 4.78 is 15.1. The number of benzene rings is 1. The normalized spacial score (nSPS) is 23.2. The Balaban J connectivity index is 1.39. The Bertz CT molecular complexity index is 1220. The van der Waals surface area contributed by atoms with Crippen LogP contribution >= 0.6 is 11.3 Å². The van der Waals surface area contributed by atoms with Crippen molar-refractivity contribution in [1.82, 2.24) is 19.6 Å². The number of thiazole rings is 1. The van der Waals surface area contributed by atoms with Crippen LogP contribution in [0.5, 0.6) is 0 Å². The second-order valence-corrected chi connectivity index (χ2v) is 9.23. The number of aromatic nitrogens is 2. The molecular weight excluding hydrogens is 433 g/mol. The number of hydrogen-bond donors (Lipinski definition) is 2. The molecule has 166 valence electrons. The van der Waals surface area contributed by atoms with Crippen LogP contribution in [0.4, 0.5) is 15.0 Å². The molecule has 1 saturated carbocycles. The van der Waals surface area contributed by atoms with Gasteiger partial charge in [-0.05, 0) is 43.0 Å². The summed E-state index contributed by atoms with van der Waals surface area (Å²) >= 11 is 1.39. The van der Waals surface area contributed by atoms with Gasteiger partial charge in [0.05, 0.1) is 0 Å². The molecule has 3 heterocycles. The number of carbonyl (C=O) groups is 3. The van der Waals surface area contributed by atoms with Crippen LogP contribution in [0.3, 0.4) is 0 Å². The van der Waals surface area contributed by atoms with Crippen LogP contribution in [0.2, 0.25) is 0 Å². The predicted molar refractivity (Wildman–Crippen MR) is 118 cm³/mol. The summed E-state index contributed by atoms with van der Waals surface area (Å²) in [6.07, 6.45) is 5.10. The first-order chi connectivity index (χ1) is 15.4. The highest BCUT2D eigenvalue weighted by atomic mass is 32.1. The Labute approximate surface area is 187 Å². The number of anilines is 1. The second-order valence-electron chi connectivity index (χ2n) is 8.36. The summed E-state index contributed by atoms with van der Waals surface area (Å²) in [6, 6.07) is 5.29. The van der Waals surface area contributed by atoms with Crippen LogP contribution in [0.15, 0.2) is 35.8 Å². The van der Waals surface area contributed by atoms with E-state index in [-0.39, 0.29) is 24.2 Å². The highest BCUT2D eigenvalue weighted by Gasteiger charge is 2.55. The lowest BCUT2D eigenvalue weighted by molar-refractivity contribution is -0.136. The molecule has 1 saturated heterocycles. The maximum atomic E-state index is 13.4. The van der Waals surface area contributed by atoms with Gasteiger partial charge in [-0.15, -0.1) is 11.3 Å². The largest absolute Gasteiger partial charge is 0.325 e. The molecule has 2 aliphatic rings. The van der Waals surface area contributed by atoms with Gasteiger partial charge in [0.25, 0.3) is 5.91 Å². The van der Waals surface area contributed by atoms with E-state index in [1.807, 2.05) is 12.3 Å². The molecule has 4 amide bonds. The zero-order valence-electron chi connectivity index (χ0n) is 17.4. The zero-order chi connectivity index (χ0) is 22.5. The third-order valence-corrected chi connectivity index (χ3v) is 7.20. The molecule has 32 heavy (non-hydrogen) atoms. The molecule has 2 unspecified atom stereocenters. The van der Waals surface area contributed by atoms with Crippen LogP contribution in [0, 0.1) is 11.7 Å². The van der Waals surface area contributed by atoms with E-state index < -0.39 is 17.5 Å². The van der Waals surface area contributed by atoms with Gasteiger partial charge in [0, 0.05) is 17.1 Å². The lowest BCUT2D eigenvalue weighted by atomic mass is 9.73. The smallest absolute Gasteiger partial charge is 0.323 e. The van der Waals surface area contributed by atoms with Gasteiger partial charge < -0.3 is 10.6 Å². The maximum absolute atomic E-state index is 13.4. The van der Waals surface area contributed by atoms with Gasteiger partial charge in [-0.3, -0.25) is 18.9 Å². The number of amides is 4. The van der Waals surface area contributed by atoms with Crippen molar-refractivity contribution in [2.75, 3.05) is 11.9 Å². The molecule has 10 heteroatoms. The summed E-state index contributed by atoms with van der Waals surface area (Å²) in [5, 5.41) is 7.49. The van der Waals surface area contributed by atoms with Crippen molar-refractivity contribution in [2.24, 2.45) is 5.92 Å². The van der Waals surface area contributed by atoms with Crippen molar-refractivity contribution in [3.63, 3.8) is 0 Å². The quantitative estimate of drug-likeness (QED) is 0.587. The summed E-state index contributed by atoms with van der Waals surface area (Å²) in [5.41, 5.74) is 0.217. The molecule has 3 aromatic rings. The minimum absolute atomic E-state index is 0.0195. The van der Waals surface area contributed by atoms with E-state index >= 15 is 0 Å². The fourth-order valence-corrected chi connectivity index (χ4v) is 5.38. The third kappa shape index (κ3) is 3.26. The van der Waals surface area contributed by atoms with E-state index in [4.69, 9.17) is 0 Å². The van der Waals surface area contributed by atoms with Gasteiger partial charge >= 0.3 is 6.03 Å². The Morgan fingerprint density at radius 3 is 2.84 bits per heavy atom. The molecule has 1 aliphatic heterocycles. The number of hydrogen-bond acceptors (Lipinski definition) is 5. The van der Waals surface area contributed by atoms with Crippen molar-refractivity contribution < 1.29 is 18.8 Å². The van der Waals surface area contributed by atoms with Gasteiger partial charge in [-0.1, -0.05) is 19.8 Å². The Morgan fingerprint density at radius 2 is 2.09 bits per heavy atom. The highest BCUT2D eigenvalue weighted by Crippen LogP contribution is 2.38. The van der Waals surface area contributed by atoms with Gasteiger partial charge in [-0.25, -0.2) is 14.2 Å². The number of fused-ring (bicyclic) bond motifs is 1. The van der Waals surface area contributed by atoms with Crippen LogP contribution in [0.25, 0.3) is 16.2 Å². The zero-order valence-corrected chi connectivity index (χ0v) is 18.2. The average Bonchev–Trinajstić information content (AvgIpc) is 3.42. The Morgan fingerprint density at radius 1 is 1.31 bits per heavy atom. The van der Waals surface area contributed by atoms with Crippen LogP contribution in [-0.2, 0) is 9.59 Å². The molecule has 1 spiro atoms. The molecule has 2 aromatic heterocycles. The van der Waals surface area contributed by atoms with E-state index in [1.165, 1.54) is 23.5 Å². The molecular formula is C22H22FN5O3S. The first kappa shape index (κ1) is 20.6. The average molecular weight is 456 g/mol. The minimum atomic E-state index is -0.911. The molecule has 0 radical (unpaired) electrons. The molecule has 5 rings (SSSR count). The molecule has 2 atom stereocenters. The van der Waals surface area contributed by atoms with Crippen molar-refractivity contribution in [1.29, 1.82) is 0 Å². The van der Waals surface area contributed by atoms with Crippen molar-refractivity contribution in [3.8, 4) is 11.3 Å². The number of nitrogens with one attached hydrogen (secondary N) is 2. The summed E-state index contributed by atoms with van der Waals surface area (Å²) in [4.78, 5) is 44.9. The number of urea groups is 1. The summed E-state index contributed by atoms with van der Waals surface area (Å²) in [6.45, 7) is 1.58. The summed E-state index contributed by atoms with van der Waals surface area (Å²) in [7, 11) is 0. The fourth-order valence-electron chi connectivity index (χ4n) is 4.67. The van der Waals surface area contributed by atoms with Gasteiger partial charge in [0.15, 0.2) is 4.96 Å². The number of carbonyl (C=O) groups excluding carboxylic acids is 3. The van der Waals surface area contributed by atoms with Crippen LogP contribution in [0.1, 0.15) is 32.6 Å². The summed E-state index contributed by atoms with van der Waals surface area (Å²) in [5.74, 6) is -0.788. The number of nitrogens with zero attached hydrogens (tertiary/aromatic N) is 3. The van der Waals surface area contributed by atoms with Crippen LogP contribution in [-0.4, -0.2) is 44.2 Å². The van der Waals surface area contributed by atoms with E-state index in [0.29, 0.717) is 28.5 Å². The van der Waals surface area contributed by atoms with E-state index in [9.17, 15) is 18.8 Å². The Kier molecular flexibility index (Phi) is 4.96. The fraction of sp³-hybridized carbons (Fsp3) is 0.364. The molecule has 0 bridgehead atoms. The standard InChI is InChI=1S/C22H22FN5O3S/c1-13-4-2-3-9-22(13)19(30)28(20(31)26-22)12-16(29)24-18-17(14-5-7-15(23)8-6-14)25-21-27(18)10-11-32-21/h5-8,10-11,13H,2-4,9,12H2,1H3,(H,24,29)(H,26,31). The molecule has 8 nitrogen and oxygen atoms in total. The van der Waals surface area contributed by atoms with E-state index in [1.54, 1.807) is 22.7 Å². The minimum Gasteiger partial charge on any atom is -0.323 e. The van der Waals surface area contributed by atoms with Crippen molar-refractivity contribution in [2.45, 2.75) is 38.1 Å². The third-order valence-electron chi connectivity index (χ3n) is 6.44. The van der Waals surface area contributed by atoms with Crippen LogP contribution < -0.4 is 10.6 Å². The monoisotopic (exact) mass is 455 g/mol. The lowest BCUT2D eigenvalue weighted by Gasteiger charge is -2.36. The first-order valence-electron chi connectivity index (χ1n) is 10.5. The van der Waals surface area contributed by atoms with Crippen molar-refractivity contribution in [3.05, 3.63) is 41.7 Å². The first-order valence-corrected chi connectivity index (χ1v) is 11.4. The maximum Gasteiger partial charge on any atom is 0.325 e. The second kappa shape index (κ2) is 7.70. The molecule has 2 fully saturated rings. The SMILES string of the molecule is CC1CCCCC12NC(=O)N(CC(=O)Nc1c(-c3ccc(F)cc3)nc3sccn13)C2=O. The number of imidazole rings is 1. The number of rotatable bonds is 4. The van der Waals surface area contributed by atoms with Gasteiger partial charge in [0.2, 0.25) is 5.91 Å². The molecule has 1 aliphatic carbocycles. The molecule has 1 aromatic carbocycles. The topological polar surface area (TPSA) is 95.8 Å². The number of halogens is 1. The van der Waals surface area contributed by atoms with Crippen molar-refractivity contribution >= 4 is 40.0 Å².